The second-order valence-corrected chi connectivity index (χ2v) is 7.44. The fourth-order valence-corrected chi connectivity index (χ4v) is 4.21. The van der Waals surface area contributed by atoms with Crippen molar-refractivity contribution in [1.29, 1.82) is 0 Å². The Kier molecular flexibility index (Phi) is 5.03. The summed E-state index contributed by atoms with van der Waals surface area (Å²) in [6.45, 7) is 0.499. The molecule has 1 aromatic carbocycles. The average molecular weight is 375 g/mol. The van der Waals surface area contributed by atoms with E-state index in [4.69, 9.17) is 0 Å². The molecule has 4 nitrogen and oxygen atoms in total. The van der Waals surface area contributed by atoms with E-state index < -0.39 is 0 Å². The van der Waals surface area contributed by atoms with E-state index in [0.717, 1.165) is 5.56 Å². The Bertz CT molecular complexity index is 1040. The van der Waals surface area contributed by atoms with Crippen molar-refractivity contribution in [3.63, 3.8) is 0 Å². The molecule has 27 heavy (non-hydrogen) atoms. The number of benzene rings is 1. The van der Waals surface area contributed by atoms with Crippen LogP contribution >= 0.6 is 11.3 Å². The van der Waals surface area contributed by atoms with Crippen LogP contribution in [0.2, 0.25) is 0 Å². The van der Waals surface area contributed by atoms with Crippen LogP contribution in [0.5, 0.6) is 0 Å². The molecule has 0 saturated carbocycles. The zero-order valence-electron chi connectivity index (χ0n) is 15.1. The van der Waals surface area contributed by atoms with E-state index in [1.165, 1.54) is 22.0 Å². The number of aromatic nitrogens is 2. The Labute approximate surface area is 162 Å². The number of aryl methyl sites for hydroxylation is 1. The molecule has 1 amide bonds. The van der Waals surface area contributed by atoms with Crippen LogP contribution in [0.3, 0.4) is 0 Å². The van der Waals surface area contributed by atoms with Gasteiger partial charge in [-0.05, 0) is 45.6 Å². The van der Waals surface area contributed by atoms with E-state index >= 15 is 0 Å². The molecule has 0 radical (unpaired) electrons. The molecule has 0 saturated heterocycles. The summed E-state index contributed by atoms with van der Waals surface area (Å²) in [6, 6.07) is 14.3. The van der Waals surface area contributed by atoms with Gasteiger partial charge in [0, 0.05) is 55.4 Å². The topological polar surface area (TPSA) is 46.9 Å². The molecule has 0 aliphatic heterocycles. The van der Waals surface area contributed by atoms with Crippen molar-refractivity contribution in [2.24, 2.45) is 7.05 Å². The van der Waals surface area contributed by atoms with Crippen LogP contribution < -0.4 is 5.32 Å². The summed E-state index contributed by atoms with van der Waals surface area (Å²) in [5.41, 5.74) is 4.57. The highest BCUT2D eigenvalue weighted by Crippen LogP contribution is 2.35. The Morgan fingerprint density at radius 2 is 2.11 bits per heavy atom. The van der Waals surface area contributed by atoms with Gasteiger partial charge in [-0.25, -0.2) is 0 Å². The van der Waals surface area contributed by atoms with Crippen LogP contribution in [0.15, 0.2) is 71.8 Å². The maximum absolute atomic E-state index is 12.7. The predicted octanol–water partition coefficient (Wildman–Crippen LogP) is 4.47. The molecule has 0 spiro atoms. The van der Waals surface area contributed by atoms with E-state index in [1.807, 2.05) is 18.2 Å². The fraction of sp³-hybridized carbons (Fsp3) is 0.182. The van der Waals surface area contributed by atoms with Crippen molar-refractivity contribution in [2.45, 2.75) is 18.9 Å². The number of carbonyl (C=O) groups excluding carboxylic acids is 1. The van der Waals surface area contributed by atoms with Crippen LogP contribution in [-0.4, -0.2) is 15.5 Å². The summed E-state index contributed by atoms with van der Waals surface area (Å²) in [5, 5.41) is 8.45. The highest BCUT2D eigenvalue weighted by atomic mass is 32.1. The number of fused-ring (bicyclic) bond motifs is 1. The molecule has 1 N–H and O–H groups in total. The van der Waals surface area contributed by atoms with Crippen molar-refractivity contribution in [3.8, 4) is 0 Å². The number of nitrogens with one attached hydrogen (secondary N) is 1. The monoisotopic (exact) mass is 375 g/mol. The number of amides is 1. The molecule has 1 atom stereocenters. The molecule has 4 aromatic rings. The van der Waals surface area contributed by atoms with Crippen LogP contribution in [0.4, 0.5) is 0 Å². The molecule has 0 aliphatic carbocycles. The number of carbonyl (C=O) groups is 1. The standard InChI is InChI=1S/C22H21N3OS/c1-25-14-20(18-6-2-3-7-21(18)25)19(17-8-10-27-15-17)11-22(26)24-13-16-5-4-9-23-12-16/h2-10,12,14-15,19H,11,13H2,1H3,(H,24,26). The smallest absolute Gasteiger partial charge is 0.221 e. The number of hydrogen-bond donors (Lipinski definition) is 1. The molecular weight excluding hydrogens is 354 g/mol. The minimum absolute atomic E-state index is 0.0382. The molecule has 3 heterocycles. The molecular formula is C22H21N3OS. The van der Waals surface area contributed by atoms with Crippen molar-refractivity contribution in [3.05, 3.63) is 88.5 Å². The number of thiophene rings is 1. The second kappa shape index (κ2) is 7.76. The normalized spacial score (nSPS) is 12.2. The lowest BCUT2D eigenvalue weighted by atomic mass is 9.89. The fourth-order valence-electron chi connectivity index (χ4n) is 3.49. The van der Waals surface area contributed by atoms with Gasteiger partial charge in [-0.15, -0.1) is 0 Å². The summed E-state index contributed by atoms with van der Waals surface area (Å²) in [4.78, 5) is 16.8. The van der Waals surface area contributed by atoms with Gasteiger partial charge in [-0.2, -0.15) is 11.3 Å². The third kappa shape index (κ3) is 3.78. The maximum Gasteiger partial charge on any atom is 0.221 e. The van der Waals surface area contributed by atoms with E-state index in [9.17, 15) is 4.79 Å². The van der Waals surface area contributed by atoms with E-state index in [-0.39, 0.29) is 11.8 Å². The lowest BCUT2D eigenvalue weighted by Crippen LogP contribution is -2.24. The molecule has 4 rings (SSSR count). The first-order valence-electron chi connectivity index (χ1n) is 8.94. The molecule has 0 fully saturated rings. The summed E-state index contributed by atoms with van der Waals surface area (Å²) < 4.78 is 2.14. The molecule has 136 valence electrons. The van der Waals surface area contributed by atoms with E-state index in [2.05, 4.69) is 63.1 Å². The van der Waals surface area contributed by atoms with Crippen molar-refractivity contribution < 1.29 is 4.79 Å². The molecule has 1 unspecified atom stereocenters. The van der Waals surface area contributed by atoms with Gasteiger partial charge in [0.1, 0.15) is 0 Å². The third-order valence-electron chi connectivity index (χ3n) is 4.85. The van der Waals surface area contributed by atoms with Crippen LogP contribution in [-0.2, 0) is 18.4 Å². The first-order chi connectivity index (χ1) is 13.2. The lowest BCUT2D eigenvalue weighted by molar-refractivity contribution is -0.121. The lowest BCUT2D eigenvalue weighted by Gasteiger charge is -2.16. The minimum atomic E-state index is 0.0382. The van der Waals surface area contributed by atoms with Gasteiger partial charge < -0.3 is 9.88 Å². The quantitative estimate of drug-likeness (QED) is 0.540. The number of hydrogen-bond acceptors (Lipinski definition) is 3. The highest BCUT2D eigenvalue weighted by molar-refractivity contribution is 7.08. The zero-order chi connectivity index (χ0) is 18.6. The third-order valence-corrected chi connectivity index (χ3v) is 5.55. The summed E-state index contributed by atoms with van der Waals surface area (Å²) in [5.74, 6) is 0.0826. The van der Waals surface area contributed by atoms with Gasteiger partial charge in [-0.1, -0.05) is 24.3 Å². The first kappa shape index (κ1) is 17.5. The SMILES string of the molecule is Cn1cc(C(CC(=O)NCc2cccnc2)c2ccsc2)c2ccccc21. The molecule has 0 aliphatic rings. The average Bonchev–Trinajstić information content (AvgIpc) is 3.34. The highest BCUT2D eigenvalue weighted by Gasteiger charge is 2.22. The Balaban J connectivity index is 1.59. The van der Waals surface area contributed by atoms with Crippen molar-refractivity contribution in [2.75, 3.05) is 0 Å². The largest absolute Gasteiger partial charge is 0.352 e. The van der Waals surface area contributed by atoms with Gasteiger partial charge in [-0.3, -0.25) is 9.78 Å². The van der Waals surface area contributed by atoms with Gasteiger partial charge in [0.05, 0.1) is 0 Å². The number of nitrogens with zero attached hydrogens (tertiary/aromatic N) is 2. The number of para-hydroxylation sites is 1. The van der Waals surface area contributed by atoms with Gasteiger partial charge in [0.25, 0.3) is 0 Å². The Hall–Kier alpha value is -2.92. The zero-order valence-corrected chi connectivity index (χ0v) is 15.9. The van der Waals surface area contributed by atoms with E-state index in [0.29, 0.717) is 13.0 Å². The number of pyridine rings is 1. The molecule has 0 bridgehead atoms. The Morgan fingerprint density at radius 1 is 1.22 bits per heavy atom. The maximum atomic E-state index is 12.7. The Morgan fingerprint density at radius 3 is 2.89 bits per heavy atom. The summed E-state index contributed by atoms with van der Waals surface area (Å²) >= 11 is 1.67. The molecule has 5 heteroatoms. The number of rotatable bonds is 6. The van der Waals surface area contributed by atoms with Crippen molar-refractivity contribution in [1.82, 2.24) is 14.9 Å². The first-order valence-corrected chi connectivity index (χ1v) is 9.88. The minimum Gasteiger partial charge on any atom is -0.352 e. The van der Waals surface area contributed by atoms with Gasteiger partial charge >= 0.3 is 0 Å². The second-order valence-electron chi connectivity index (χ2n) is 6.66. The van der Waals surface area contributed by atoms with Crippen LogP contribution in [0.25, 0.3) is 10.9 Å². The van der Waals surface area contributed by atoms with Crippen LogP contribution in [0, 0.1) is 0 Å². The summed E-state index contributed by atoms with van der Waals surface area (Å²) in [6.07, 6.45) is 6.09. The molecule has 3 aromatic heterocycles. The van der Waals surface area contributed by atoms with Gasteiger partial charge in [0.2, 0.25) is 5.91 Å². The summed E-state index contributed by atoms with van der Waals surface area (Å²) in [7, 11) is 2.05. The van der Waals surface area contributed by atoms with Gasteiger partial charge in [0.15, 0.2) is 0 Å². The predicted molar refractivity (Wildman–Crippen MR) is 110 cm³/mol. The van der Waals surface area contributed by atoms with E-state index in [1.54, 1.807) is 23.7 Å². The van der Waals surface area contributed by atoms with Crippen LogP contribution in [0.1, 0.15) is 29.0 Å². The van der Waals surface area contributed by atoms with Crippen molar-refractivity contribution >= 4 is 28.1 Å².